The maximum Gasteiger partial charge on any atom is 0.282 e. The fourth-order valence-corrected chi connectivity index (χ4v) is 6.46. The number of fused-ring (bicyclic) bond motifs is 3. The minimum atomic E-state index is -0.191. The van der Waals surface area contributed by atoms with Gasteiger partial charge in [0.05, 0.1) is 18.5 Å². The van der Waals surface area contributed by atoms with E-state index in [1.807, 2.05) is 82.2 Å². The van der Waals surface area contributed by atoms with E-state index in [-0.39, 0.29) is 11.6 Å². The zero-order valence-electron chi connectivity index (χ0n) is 23.8. The molecule has 0 amide bonds. The van der Waals surface area contributed by atoms with E-state index in [4.69, 9.17) is 21.4 Å². The van der Waals surface area contributed by atoms with Crippen LogP contribution in [-0.2, 0) is 6.42 Å². The second kappa shape index (κ2) is 10.4. The number of hydrazine groups is 1. The van der Waals surface area contributed by atoms with E-state index in [1.165, 1.54) is 16.7 Å². The second-order valence-corrected chi connectivity index (χ2v) is 11.3. The quantitative estimate of drug-likeness (QED) is 0.282. The minimum absolute atomic E-state index is 0.188. The van der Waals surface area contributed by atoms with Crippen molar-refractivity contribution < 1.29 is 4.74 Å². The predicted molar refractivity (Wildman–Crippen MR) is 172 cm³/mol. The number of ether oxygens (including phenoxy) is 1. The van der Waals surface area contributed by atoms with Crippen LogP contribution in [0.5, 0.6) is 5.75 Å². The fraction of sp³-hybridized carbons (Fsp3) is 0.114. The van der Waals surface area contributed by atoms with Crippen LogP contribution in [0, 0.1) is 0 Å². The molecule has 1 N–H and O–H groups in total. The van der Waals surface area contributed by atoms with Gasteiger partial charge in [-0.3, -0.25) is 10.2 Å². The molecule has 4 aromatic carbocycles. The minimum Gasteiger partial charge on any atom is -0.497 e. The lowest BCUT2D eigenvalue weighted by Gasteiger charge is -2.26. The highest BCUT2D eigenvalue weighted by atomic mass is 35.5. The molecule has 0 saturated carbocycles. The Balaban J connectivity index is 1.37. The Morgan fingerprint density at radius 1 is 0.886 bits per heavy atom. The SMILES string of the molecule is COc1ccc(/C=c2\c(=O)n(-c3ccccc3)c3nnc(N4NC5=C(CCc6ccccc65)C4c4ccc(Cl)cc4)n23)cc1. The predicted octanol–water partition coefficient (Wildman–Crippen LogP) is 5.51. The van der Waals surface area contributed by atoms with Gasteiger partial charge in [0.2, 0.25) is 5.78 Å². The van der Waals surface area contributed by atoms with Gasteiger partial charge in [-0.15, -0.1) is 10.2 Å². The first kappa shape index (κ1) is 26.3. The molecule has 0 spiro atoms. The molecule has 1 unspecified atom stereocenters. The Hall–Kier alpha value is -5.34. The number of hydrogen-bond acceptors (Lipinski definition) is 6. The van der Waals surface area contributed by atoms with Gasteiger partial charge in [0.25, 0.3) is 11.5 Å². The van der Waals surface area contributed by atoms with Crippen molar-refractivity contribution in [2.75, 3.05) is 12.1 Å². The summed E-state index contributed by atoms with van der Waals surface area (Å²) in [5, 5.41) is 12.5. The number of nitrogens with one attached hydrogen (secondary N) is 1. The molecule has 216 valence electrons. The first-order chi connectivity index (χ1) is 21.6. The highest BCUT2D eigenvalue weighted by Crippen LogP contribution is 2.45. The highest BCUT2D eigenvalue weighted by molar-refractivity contribution is 6.30. The Labute approximate surface area is 258 Å². The molecule has 1 aliphatic heterocycles. The van der Waals surface area contributed by atoms with Gasteiger partial charge in [0.15, 0.2) is 0 Å². The molecule has 9 heteroatoms. The number of nitrogens with zero attached hydrogens (tertiary/aromatic N) is 5. The van der Waals surface area contributed by atoms with Crippen LogP contribution in [0.3, 0.4) is 0 Å². The Bertz CT molecular complexity index is 2170. The van der Waals surface area contributed by atoms with E-state index in [9.17, 15) is 4.79 Å². The van der Waals surface area contributed by atoms with Crippen LogP contribution < -0.4 is 26.1 Å². The van der Waals surface area contributed by atoms with Crippen molar-refractivity contribution in [2.24, 2.45) is 0 Å². The molecule has 8 rings (SSSR count). The topological polar surface area (TPSA) is 76.7 Å². The number of aromatic nitrogens is 4. The number of para-hydroxylation sites is 1. The van der Waals surface area contributed by atoms with Crippen LogP contribution in [-0.4, -0.2) is 26.3 Å². The molecule has 0 radical (unpaired) electrons. The molecule has 1 aliphatic carbocycles. The maximum absolute atomic E-state index is 14.2. The summed E-state index contributed by atoms with van der Waals surface area (Å²) in [5.74, 6) is 1.68. The van der Waals surface area contributed by atoms with Crippen molar-refractivity contribution in [1.82, 2.24) is 24.6 Å². The summed E-state index contributed by atoms with van der Waals surface area (Å²) in [5.41, 5.74) is 10.9. The summed E-state index contributed by atoms with van der Waals surface area (Å²) >= 11 is 6.31. The molecule has 6 aromatic rings. The average Bonchev–Trinajstić information content (AvgIpc) is 3.74. The van der Waals surface area contributed by atoms with Crippen LogP contribution in [0.15, 0.2) is 113 Å². The number of hydrogen-bond donors (Lipinski definition) is 1. The number of rotatable bonds is 5. The third-order valence-corrected chi connectivity index (χ3v) is 8.67. The first-order valence-electron chi connectivity index (χ1n) is 14.4. The molecule has 8 nitrogen and oxygen atoms in total. The van der Waals surface area contributed by atoms with E-state index in [1.54, 1.807) is 11.7 Å². The first-order valence-corrected chi connectivity index (χ1v) is 14.8. The summed E-state index contributed by atoms with van der Waals surface area (Å²) in [6.07, 6.45) is 3.69. The Morgan fingerprint density at radius 3 is 2.41 bits per heavy atom. The second-order valence-electron chi connectivity index (χ2n) is 10.9. The van der Waals surface area contributed by atoms with Crippen LogP contribution in [0.1, 0.15) is 34.7 Å². The number of imidazole rings is 1. The summed E-state index contributed by atoms with van der Waals surface area (Å²) in [7, 11) is 1.63. The highest BCUT2D eigenvalue weighted by Gasteiger charge is 2.39. The van der Waals surface area contributed by atoms with Gasteiger partial charge in [-0.05, 0) is 77.6 Å². The van der Waals surface area contributed by atoms with Gasteiger partial charge in [0.1, 0.15) is 17.1 Å². The smallest absolute Gasteiger partial charge is 0.282 e. The van der Waals surface area contributed by atoms with E-state index in [2.05, 4.69) is 46.9 Å². The zero-order chi connectivity index (χ0) is 29.8. The number of aryl methyl sites for hydroxylation is 1. The molecule has 0 bridgehead atoms. The summed E-state index contributed by atoms with van der Waals surface area (Å²) < 4.78 is 8.81. The van der Waals surface area contributed by atoms with Gasteiger partial charge in [-0.1, -0.05) is 78.3 Å². The van der Waals surface area contributed by atoms with Gasteiger partial charge >= 0.3 is 0 Å². The lowest BCUT2D eigenvalue weighted by atomic mass is 9.85. The monoisotopic (exact) mass is 598 g/mol. The molecule has 1 atom stereocenters. The van der Waals surface area contributed by atoms with Gasteiger partial charge in [0, 0.05) is 10.6 Å². The summed E-state index contributed by atoms with van der Waals surface area (Å²) in [6.45, 7) is 0. The zero-order valence-corrected chi connectivity index (χ0v) is 24.6. The number of halogens is 1. The van der Waals surface area contributed by atoms with Crippen molar-refractivity contribution in [1.29, 1.82) is 0 Å². The van der Waals surface area contributed by atoms with Crippen LogP contribution in [0.25, 0.3) is 23.2 Å². The van der Waals surface area contributed by atoms with E-state index in [0.29, 0.717) is 27.8 Å². The lowest BCUT2D eigenvalue weighted by Crippen LogP contribution is -2.38. The molecular formula is C35H27ClN6O2. The number of benzene rings is 4. The fourth-order valence-electron chi connectivity index (χ4n) is 6.34. The lowest BCUT2D eigenvalue weighted by molar-refractivity contribution is 0.415. The normalized spacial score (nSPS) is 16.3. The largest absolute Gasteiger partial charge is 0.497 e. The van der Waals surface area contributed by atoms with E-state index < -0.39 is 0 Å². The van der Waals surface area contributed by atoms with Crippen molar-refractivity contribution in [3.63, 3.8) is 0 Å². The van der Waals surface area contributed by atoms with Crippen molar-refractivity contribution in [2.45, 2.75) is 18.9 Å². The van der Waals surface area contributed by atoms with Crippen molar-refractivity contribution in [3.05, 3.63) is 152 Å². The molecular weight excluding hydrogens is 572 g/mol. The standard InChI is InChI=1S/C35H27ClN6O2/c1-44-27-18-11-22(12-19-27)21-30-33(43)40(26-8-3-2-4-9-26)34-37-38-35(41(30)34)42-32(24-13-16-25(36)17-14-24)29-20-15-23-7-5-6-10-28(23)31(29)39-42/h2-14,16-19,21,32,39H,15,20H2,1H3/b30-21+. The number of methoxy groups -OCH3 is 1. The van der Waals surface area contributed by atoms with E-state index in [0.717, 1.165) is 35.4 Å². The third kappa shape index (κ3) is 4.18. The van der Waals surface area contributed by atoms with Gasteiger partial charge in [-0.2, -0.15) is 0 Å². The third-order valence-electron chi connectivity index (χ3n) is 8.42. The summed E-state index contributed by atoms with van der Waals surface area (Å²) in [6, 6.07) is 33.4. The van der Waals surface area contributed by atoms with Crippen molar-refractivity contribution >= 4 is 35.1 Å². The number of anilines is 1. The van der Waals surface area contributed by atoms with Crippen LogP contribution in [0.2, 0.25) is 5.02 Å². The summed E-state index contributed by atoms with van der Waals surface area (Å²) in [4.78, 5) is 14.2. The van der Waals surface area contributed by atoms with Crippen molar-refractivity contribution in [3.8, 4) is 11.4 Å². The maximum atomic E-state index is 14.2. The van der Waals surface area contributed by atoms with Crippen LogP contribution >= 0.6 is 11.6 Å². The molecule has 0 fully saturated rings. The molecule has 2 aliphatic rings. The average molecular weight is 599 g/mol. The van der Waals surface area contributed by atoms with Crippen LogP contribution in [0.4, 0.5) is 5.95 Å². The molecule has 2 aromatic heterocycles. The Morgan fingerprint density at radius 2 is 1.64 bits per heavy atom. The molecule has 3 heterocycles. The van der Waals surface area contributed by atoms with Gasteiger partial charge in [-0.25, -0.2) is 14.0 Å². The van der Waals surface area contributed by atoms with E-state index >= 15 is 0 Å². The molecule has 44 heavy (non-hydrogen) atoms. The van der Waals surface area contributed by atoms with Gasteiger partial charge < -0.3 is 4.74 Å². The molecule has 0 saturated heterocycles. The Kier molecular flexibility index (Phi) is 6.23.